The Morgan fingerprint density at radius 2 is 1.94 bits per heavy atom. The molecule has 1 fully saturated rings. The van der Waals surface area contributed by atoms with Gasteiger partial charge in [-0.05, 0) is 31.2 Å². The van der Waals surface area contributed by atoms with Crippen molar-refractivity contribution in [1.29, 1.82) is 0 Å². The number of hydrogen-bond donors (Lipinski definition) is 1. The Bertz CT molecular complexity index is 438. The number of aliphatic hydroxyl groups is 1. The molecule has 1 atom stereocenters. The number of halogens is 3. The van der Waals surface area contributed by atoms with Crippen LogP contribution in [-0.2, 0) is 6.18 Å². The maximum atomic E-state index is 12.4. The van der Waals surface area contributed by atoms with E-state index in [0.717, 1.165) is 18.9 Å². The standard InChI is InChI=1S/C12H14F3NO/c1-7-8(10(17)11(2)5-6-11)3-4-9(16-7)12(13,14)15/h3-4,10,17H,5-6H2,1-2H3. The first-order valence-electron chi connectivity index (χ1n) is 5.47. The summed E-state index contributed by atoms with van der Waals surface area (Å²) in [5, 5.41) is 10.1. The molecule has 0 saturated heterocycles. The predicted octanol–water partition coefficient (Wildman–Crippen LogP) is 3.24. The zero-order chi connectivity index (χ0) is 12.8. The zero-order valence-corrected chi connectivity index (χ0v) is 9.67. The minimum atomic E-state index is -4.43. The van der Waals surface area contributed by atoms with Crippen molar-refractivity contribution in [2.75, 3.05) is 0 Å². The van der Waals surface area contributed by atoms with Gasteiger partial charge in [0.25, 0.3) is 0 Å². The molecule has 0 aliphatic heterocycles. The quantitative estimate of drug-likeness (QED) is 0.867. The van der Waals surface area contributed by atoms with Gasteiger partial charge in [0.2, 0.25) is 0 Å². The van der Waals surface area contributed by atoms with E-state index < -0.39 is 18.0 Å². The molecule has 1 aliphatic carbocycles. The van der Waals surface area contributed by atoms with Crippen LogP contribution in [-0.4, -0.2) is 10.1 Å². The average molecular weight is 245 g/mol. The van der Waals surface area contributed by atoms with Gasteiger partial charge in [-0.3, -0.25) is 0 Å². The molecule has 2 nitrogen and oxygen atoms in total. The summed E-state index contributed by atoms with van der Waals surface area (Å²) in [6.07, 6.45) is -3.36. The Morgan fingerprint density at radius 1 is 1.35 bits per heavy atom. The van der Waals surface area contributed by atoms with Gasteiger partial charge in [-0.1, -0.05) is 13.0 Å². The highest BCUT2D eigenvalue weighted by Gasteiger charge is 2.45. The van der Waals surface area contributed by atoms with Crippen LogP contribution >= 0.6 is 0 Å². The van der Waals surface area contributed by atoms with Crippen LogP contribution in [0.4, 0.5) is 13.2 Å². The summed E-state index contributed by atoms with van der Waals surface area (Å²) in [6, 6.07) is 2.26. The Balaban J connectivity index is 2.32. The SMILES string of the molecule is Cc1nc(C(F)(F)F)ccc1C(O)C1(C)CC1. The Hall–Kier alpha value is -1.10. The van der Waals surface area contributed by atoms with Crippen molar-refractivity contribution < 1.29 is 18.3 Å². The van der Waals surface area contributed by atoms with Crippen LogP contribution in [0.2, 0.25) is 0 Å². The molecule has 1 aromatic heterocycles. The van der Waals surface area contributed by atoms with Crippen molar-refractivity contribution in [1.82, 2.24) is 4.98 Å². The second-order valence-corrected chi connectivity index (χ2v) is 4.93. The number of aromatic nitrogens is 1. The van der Waals surface area contributed by atoms with Crippen LogP contribution in [0.25, 0.3) is 0 Å². The highest BCUT2D eigenvalue weighted by atomic mass is 19.4. The molecular formula is C12H14F3NO. The Kier molecular flexibility index (Phi) is 2.69. The smallest absolute Gasteiger partial charge is 0.388 e. The van der Waals surface area contributed by atoms with Crippen LogP contribution in [0.1, 0.15) is 42.8 Å². The summed E-state index contributed by atoms with van der Waals surface area (Å²) >= 11 is 0. The van der Waals surface area contributed by atoms with Gasteiger partial charge >= 0.3 is 6.18 Å². The maximum Gasteiger partial charge on any atom is 0.433 e. The minimum absolute atomic E-state index is 0.188. The van der Waals surface area contributed by atoms with Crippen molar-refractivity contribution in [3.63, 3.8) is 0 Å². The number of alkyl halides is 3. The van der Waals surface area contributed by atoms with Gasteiger partial charge in [-0.15, -0.1) is 0 Å². The average Bonchev–Trinajstić information content (AvgIpc) is 2.95. The number of aliphatic hydroxyl groups excluding tert-OH is 1. The van der Waals surface area contributed by atoms with Gasteiger partial charge in [-0.2, -0.15) is 13.2 Å². The summed E-state index contributed by atoms with van der Waals surface area (Å²) in [6.45, 7) is 3.42. The van der Waals surface area contributed by atoms with Crippen LogP contribution in [0, 0.1) is 12.3 Å². The summed E-state index contributed by atoms with van der Waals surface area (Å²) in [5.74, 6) is 0. The molecule has 1 N–H and O–H groups in total. The van der Waals surface area contributed by atoms with Crippen molar-refractivity contribution in [2.45, 2.75) is 39.0 Å². The number of pyridine rings is 1. The Labute approximate surface area is 97.5 Å². The summed E-state index contributed by atoms with van der Waals surface area (Å²) < 4.78 is 37.3. The van der Waals surface area contributed by atoms with Gasteiger partial charge in [-0.25, -0.2) is 4.98 Å². The van der Waals surface area contributed by atoms with Crippen LogP contribution < -0.4 is 0 Å². The normalized spacial score (nSPS) is 20.1. The van der Waals surface area contributed by atoms with Crippen LogP contribution in [0.3, 0.4) is 0 Å². The van der Waals surface area contributed by atoms with E-state index in [9.17, 15) is 18.3 Å². The molecule has 5 heteroatoms. The molecule has 1 heterocycles. The van der Waals surface area contributed by atoms with E-state index in [-0.39, 0.29) is 11.1 Å². The molecule has 0 aromatic carbocycles. The lowest BCUT2D eigenvalue weighted by Gasteiger charge is -2.20. The summed E-state index contributed by atoms with van der Waals surface area (Å²) in [4.78, 5) is 3.52. The fourth-order valence-electron chi connectivity index (χ4n) is 1.86. The summed E-state index contributed by atoms with van der Waals surface area (Å²) in [5.41, 5.74) is -0.350. The van der Waals surface area contributed by atoms with E-state index in [0.29, 0.717) is 5.56 Å². The number of hydrogen-bond acceptors (Lipinski definition) is 2. The van der Waals surface area contributed by atoms with E-state index >= 15 is 0 Å². The van der Waals surface area contributed by atoms with Gasteiger partial charge in [0.15, 0.2) is 0 Å². The van der Waals surface area contributed by atoms with E-state index in [1.807, 2.05) is 6.92 Å². The largest absolute Gasteiger partial charge is 0.433 e. The van der Waals surface area contributed by atoms with Gasteiger partial charge in [0, 0.05) is 11.3 Å². The first kappa shape index (κ1) is 12.4. The topological polar surface area (TPSA) is 33.1 Å². The third kappa shape index (κ3) is 2.29. The van der Waals surface area contributed by atoms with Crippen molar-refractivity contribution in [2.24, 2.45) is 5.41 Å². The zero-order valence-electron chi connectivity index (χ0n) is 9.67. The van der Waals surface area contributed by atoms with E-state index in [1.165, 1.54) is 13.0 Å². The maximum absolute atomic E-state index is 12.4. The molecule has 1 saturated carbocycles. The molecule has 0 bridgehead atoms. The number of rotatable bonds is 2. The van der Waals surface area contributed by atoms with Crippen molar-refractivity contribution in [3.8, 4) is 0 Å². The first-order valence-corrected chi connectivity index (χ1v) is 5.47. The molecule has 0 amide bonds. The van der Waals surface area contributed by atoms with Gasteiger partial charge in [0.1, 0.15) is 5.69 Å². The van der Waals surface area contributed by atoms with Crippen molar-refractivity contribution >= 4 is 0 Å². The first-order chi connectivity index (χ1) is 7.74. The molecule has 0 radical (unpaired) electrons. The lowest BCUT2D eigenvalue weighted by Crippen LogP contribution is -2.15. The highest BCUT2D eigenvalue weighted by Crippen LogP contribution is 2.54. The van der Waals surface area contributed by atoms with Crippen LogP contribution in [0.15, 0.2) is 12.1 Å². The third-order valence-electron chi connectivity index (χ3n) is 3.41. The van der Waals surface area contributed by atoms with Gasteiger partial charge < -0.3 is 5.11 Å². The summed E-state index contributed by atoms with van der Waals surface area (Å²) in [7, 11) is 0. The van der Waals surface area contributed by atoms with E-state index in [1.54, 1.807) is 0 Å². The van der Waals surface area contributed by atoms with Gasteiger partial charge in [0.05, 0.1) is 6.10 Å². The molecule has 17 heavy (non-hydrogen) atoms. The fraction of sp³-hybridized carbons (Fsp3) is 0.583. The number of aryl methyl sites for hydroxylation is 1. The minimum Gasteiger partial charge on any atom is -0.388 e. The third-order valence-corrected chi connectivity index (χ3v) is 3.41. The molecule has 94 valence electrons. The molecule has 2 rings (SSSR count). The monoisotopic (exact) mass is 245 g/mol. The lowest BCUT2D eigenvalue weighted by atomic mass is 9.94. The number of nitrogens with zero attached hydrogens (tertiary/aromatic N) is 1. The second kappa shape index (κ2) is 3.70. The molecule has 1 aromatic rings. The highest BCUT2D eigenvalue weighted by molar-refractivity contribution is 5.28. The van der Waals surface area contributed by atoms with E-state index in [4.69, 9.17) is 0 Å². The molecule has 1 aliphatic rings. The molecular weight excluding hydrogens is 231 g/mol. The molecule has 0 spiro atoms. The van der Waals surface area contributed by atoms with Crippen molar-refractivity contribution in [3.05, 3.63) is 29.1 Å². The second-order valence-electron chi connectivity index (χ2n) is 4.93. The predicted molar refractivity (Wildman–Crippen MR) is 56.3 cm³/mol. The van der Waals surface area contributed by atoms with E-state index in [2.05, 4.69) is 4.98 Å². The Morgan fingerprint density at radius 3 is 2.35 bits per heavy atom. The van der Waals surface area contributed by atoms with Crippen LogP contribution in [0.5, 0.6) is 0 Å². The fourth-order valence-corrected chi connectivity index (χ4v) is 1.86. The lowest BCUT2D eigenvalue weighted by molar-refractivity contribution is -0.141. The molecule has 1 unspecified atom stereocenters.